The molecule has 1 N–H and O–H groups in total. The maximum atomic E-state index is 14.2. The van der Waals surface area contributed by atoms with Gasteiger partial charge in [-0.1, -0.05) is 6.92 Å². The van der Waals surface area contributed by atoms with E-state index in [0.29, 0.717) is 35.8 Å². The fourth-order valence-electron chi connectivity index (χ4n) is 4.01. The molecule has 9 nitrogen and oxygen atoms in total. The van der Waals surface area contributed by atoms with Gasteiger partial charge in [-0.05, 0) is 31.0 Å². The summed E-state index contributed by atoms with van der Waals surface area (Å²) in [4.78, 5) is 22.5. The van der Waals surface area contributed by atoms with E-state index in [4.69, 9.17) is 4.42 Å². The van der Waals surface area contributed by atoms with E-state index < -0.39 is 6.04 Å². The number of pyridine rings is 1. The molecule has 30 heavy (non-hydrogen) atoms. The van der Waals surface area contributed by atoms with Gasteiger partial charge in [-0.15, -0.1) is 10.2 Å². The van der Waals surface area contributed by atoms with Crippen molar-refractivity contribution in [3.8, 4) is 0 Å². The lowest BCUT2D eigenvalue weighted by Gasteiger charge is -2.32. The van der Waals surface area contributed by atoms with E-state index in [1.54, 1.807) is 29.6 Å². The first-order valence-electron chi connectivity index (χ1n) is 9.84. The number of amides is 1. The Morgan fingerprint density at radius 2 is 2.23 bits per heavy atom. The van der Waals surface area contributed by atoms with Crippen molar-refractivity contribution in [1.29, 1.82) is 0 Å². The highest BCUT2D eigenvalue weighted by atomic mass is 19.1. The van der Waals surface area contributed by atoms with Crippen LogP contribution in [0, 0.1) is 5.82 Å². The molecule has 1 amide bonds. The Morgan fingerprint density at radius 1 is 1.37 bits per heavy atom. The Labute approximate surface area is 169 Å². The number of halogens is 1. The summed E-state index contributed by atoms with van der Waals surface area (Å²) in [5.74, 6) is -0.313. The van der Waals surface area contributed by atoms with E-state index in [1.165, 1.54) is 10.6 Å². The van der Waals surface area contributed by atoms with Gasteiger partial charge in [0.1, 0.15) is 17.4 Å². The van der Waals surface area contributed by atoms with Gasteiger partial charge in [-0.25, -0.2) is 13.9 Å². The van der Waals surface area contributed by atoms with Gasteiger partial charge in [0, 0.05) is 30.3 Å². The Hall–Kier alpha value is -3.56. The molecule has 6 rings (SSSR count). The normalized spacial score (nSPS) is 19.8. The van der Waals surface area contributed by atoms with Crippen LogP contribution in [0.5, 0.6) is 0 Å². The number of aromatic nitrogens is 6. The zero-order chi connectivity index (χ0) is 20.5. The third-order valence-electron chi connectivity index (χ3n) is 6.06. The standard InChI is InChI=1S/C20H18FN7O2/c1-20(5-6-20)19-25-24-17(30-19)18(29)27-8-4-12-15(23-10-22-12)16(27)13-9-14-11(21)3-2-7-28(14)26-13/h2-3,7,9-10,16H,4-6,8H2,1H3,(H,22,23). The second kappa shape index (κ2) is 5.97. The molecule has 0 bridgehead atoms. The van der Waals surface area contributed by atoms with Gasteiger partial charge in [0.2, 0.25) is 5.89 Å². The summed E-state index contributed by atoms with van der Waals surface area (Å²) in [5, 5.41) is 12.6. The van der Waals surface area contributed by atoms with Gasteiger partial charge >= 0.3 is 11.8 Å². The van der Waals surface area contributed by atoms with Crippen LogP contribution in [-0.2, 0) is 11.8 Å². The van der Waals surface area contributed by atoms with Gasteiger partial charge < -0.3 is 14.3 Å². The van der Waals surface area contributed by atoms with Crippen molar-refractivity contribution in [2.24, 2.45) is 0 Å². The number of nitrogens with one attached hydrogen (secondary N) is 1. The summed E-state index contributed by atoms with van der Waals surface area (Å²) in [6.07, 6.45) is 5.82. The minimum Gasteiger partial charge on any atom is -0.416 e. The van der Waals surface area contributed by atoms with E-state index in [1.807, 2.05) is 6.92 Å². The monoisotopic (exact) mass is 407 g/mol. The quantitative estimate of drug-likeness (QED) is 0.559. The van der Waals surface area contributed by atoms with E-state index in [-0.39, 0.29) is 23.0 Å². The summed E-state index contributed by atoms with van der Waals surface area (Å²) in [6, 6.07) is 4.03. The molecule has 0 aromatic carbocycles. The van der Waals surface area contributed by atoms with Crippen molar-refractivity contribution in [3.63, 3.8) is 0 Å². The maximum absolute atomic E-state index is 14.2. The first kappa shape index (κ1) is 17.3. The molecule has 4 aromatic rings. The van der Waals surface area contributed by atoms with Gasteiger partial charge in [0.25, 0.3) is 0 Å². The fraction of sp³-hybridized carbons (Fsp3) is 0.350. The number of aromatic amines is 1. The minimum absolute atomic E-state index is 0.0444. The molecule has 0 radical (unpaired) electrons. The van der Waals surface area contributed by atoms with Gasteiger partial charge in [0.15, 0.2) is 0 Å². The molecule has 0 spiro atoms. The molecule has 1 aliphatic heterocycles. The average Bonchev–Trinajstić information content (AvgIpc) is 3.21. The highest BCUT2D eigenvalue weighted by Crippen LogP contribution is 2.46. The largest absolute Gasteiger partial charge is 0.416 e. The summed E-state index contributed by atoms with van der Waals surface area (Å²) in [5.41, 5.74) is 2.35. The number of carbonyl (C=O) groups excluding carboxylic acids is 1. The molecule has 1 atom stereocenters. The minimum atomic E-state index is -0.585. The topological polar surface area (TPSA) is 105 Å². The molecule has 10 heteroatoms. The Kier molecular flexibility index (Phi) is 3.45. The lowest BCUT2D eigenvalue weighted by Crippen LogP contribution is -2.41. The molecular weight excluding hydrogens is 389 g/mol. The molecule has 1 unspecified atom stereocenters. The summed E-state index contributed by atoms with van der Waals surface area (Å²) in [6.45, 7) is 2.46. The van der Waals surface area contributed by atoms with Crippen LogP contribution in [0.15, 0.2) is 35.1 Å². The van der Waals surface area contributed by atoms with Crippen molar-refractivity contribution in [3.05, 3.63) is 65.4 Å². The van der Waals surface area contributed by atoms with Crippen LogP contribution >= 0.6 is 0 Å². The van der Waals surface area contributed by atoms with Crippen LogP contribution in [0.2, 0.25) is 0 Å². The Bertz CT molecular complexity index is 1290. The van der Waals surface area contributed by atoms with Crippen LogP contribution in [0.1, 0.15) is 59.5 Å². The molecule has 0 saturated heterocycles. The van der Waals surface area contributed by atoms with Crippen molar-refractivity contribution in [2.75, 3.05) is 6.54 Å². The van der Waals surface area contributed by atoms with Crippen molar-refractivity contribution in [2.45, 2.75) is 37.6 Å². The van der Waals surface area contributed by atoms with E-state index >= 15 is 0 Å². The van der Waals surface area contributed by atoms with E-state index in [9.17, 15) is 9.18 Å². The second-order valence-corrected chi connectivity index (χ2v) is 8.15. The van der Waals surface area contributed by atoms with E-state index in [0.717, 1.165) is 18.5 Å². The predicted octanol–water partition coefficient (Wildman–Crippen LogP) is 2.42. The number of carbonyl (C=O) groups is 1. The number of rotatable bonds is 3. The smallest absolute Gasteiger partial charge is 0.312 e. The third-order valence-corrected chi connectivity index (χ3v) is 6.06. The average molecular weight is 407 g/mol. The molecule has 5 heterocycles. The SMILES string of the molecule is CC1(c2nnc(C(=O)N3CCc4[nH]cnc4C3c3cc4c(F)cccn4n3)o2)CC1. The zero-order valence-electron chi connectivity index (χ0n) is 16.2. The first-order chi connectivity index (χ1) is 14.5. The van der Waals surface area contributed by atoms with Gasteiger partial charge in [-0.3, -0.25) is 4.79 Å². The molecule has 1 saturated carbocycles. The fourth-order valence-corrected chi connectivity index (χ4v) is 4.01. The Morgan fingerprint density at radius 3 is 3.03 bits per heavy atom. The Balaban J connectivity index is 1.43. The van der Waals surface area contributed by atoms with Crippen LogP contribution in [0.3, 0.4) is 0 Å². The highest BCUT2D eigenvalue weighted by molar-refractivity contribution is 5.90. The summed E-state index contributed by atoms with van der Waals surface area (Å²) in [7, 11) is 0. The molecule has 1 aliphatic carbocycles. The van der Waals surface area contributed by atoms with Crippen molar-refractivity contribution < 1.29 is 13.6 Å². The third kappa shape index (κ3) is 2.49. The van der Waals surface area contributed by atoms with Crippen LogP contribution < -0.4 is 0 Å². The summed E-state index contributed by atoms with van der Waals surface area (Å²) >= 11 is 0. The molecule has 4 aromatic heterocycles. The molecule has 2 aliphatic rings. The number of fused-ring (bicyclic) bond motifs is 2. The van der Waals surface area contributed by atoms with Gasteiger partial charge in [-0.2, -0.15) is 5.10 Å². The lowest BCUT2D eigenvalue weighted by atomic mass is 9.99. The van der Waals surface area contributed by atoms with Gasteiger partial charge in [0.05, 0.1) is 17.7 Å². The first-order valence-corrected chi connectivity index (χ1v) is 9.84. The van der Waals surface area contributed by atoms with Crippen LogP contribution in [0.4, 0.5) is 4.39 Å². The second-order valence-electron chi connectivity index (χ2n) is 8.15. The molecule has 152 valence electrons. The molecule has 1 fully saturated rings. The number of hydrogen-bond donors (Lipinski definition) is 1. The van der Waals surface area contributed by atoms with Crippen LogP contribution in [-0.4, -0.2) is 47.1 Å². The number of hydrogen-bond acceptors (Lipinski definition) is 6. The highest BCUT2D eigenvalue weighted by Gasteiger charge is 2.45. The molecular formula is C20H18FN7O2. The maximum Gasteiger partial charge on any atom is 0.312 e. The van der Waals surface area contributed by atoms with Crippen LogP contribution in [0.25, 0.3) is 5.52 Å². The predicted molar refractivity (Wildman–Crippen MR) is 101 cm³/mol. The number of nitrogens with zero attached hydrogens (tertiary/aromatic N) is 6. The number of H-pyrrole nitrogens is 1. The lowest BCUT2D eigenvalue weighted by molar-refractivity contribution is 0.0643. The number of imidazole rings is 1. The van der Waals surface area contributed by atoms with Crippen molar-refractivity contribution >= 4 is 11.4 Å². The summed E-state index contributed by atoms with van der Waals surface area (Å²) < 4.78 is 21.4. The van der Waals surface area contributed by atoms with Crippen molar-refractivity contribution in [1.82, 2.24) is 34.7 Å². The zero-order valence-corrected chi connectivity index (χ0v) is 16.2. The van der Waals surface area contributed by atoms with E-state index in [2.05, 4.69) is 25.3 Å².